The molecule has 0 aliphatic rings. The van der Waals surface area contributed by atoms with E-state index in [-0.39, 0.29) is 16.3 Å². The predicted octanol–water partition coefficient (Wildman–Crippen LogP) is 2.43. The van der Waals surface area contributed by atoms with Gasteiger partial charge in [0.15, 0.2) is 5.78 Å². The van der Waals surface area contributed by atoms with Gasteiger partial charge in [-0.05, 0) is 45.0 Å². The number of ether oxygens (including phenoxy) is 1. The summed E-state index contributed by atoms with van der Waals surface area (Å²) in [6.07, 6.45) is 0. The van der Waals surface area contributed by atoms with Crippen LogP contribution in [0.2, 0.25) is 0 Å². The Hall–Kier alpha value is -1.16. The summed E-state index contributed by atoms with van der Waals surface area (Å²) < 4.78 is 16.5. The Kier molecular flexibility index (Phi) is 4.46. The third kappa shape index (κ3) is 3.97. The van der Waals surface area contributed by atoms with Crippen LogP contribution in [0.3, 0.4) is 0 Å². The standard InChI is InChI=1S/C13H18O3S/c1-13(2,3)17(15)9-12(14)10-5-7-11(16-4)8-6-10/h5-8H,9H2,1-4H3. The molecule has 0 fully saturated rings. The molecule has 94 valence electrons. The summed E-state index contributed by atoms with van der Waals surface area (Å²) in [6, 6.07) is 6.85. The lowest BCUT2D eigenvalue weighted by Crippen LogP contribution is -2.27. The van der Waals surface area contributed by atoms with Gasteiger partial charge in [-0.2, -0.15) is 0 Å². The molecule has 0 heterocycles. The van der Waals surface area contributed by atoms with Crippen LogP contribution < -0.4 is 4.74 Å². The van der Waals surface area contributed by atoms with Crippen molar-refractivity contribution in [3.8, 4) is 5.75 Å². The van der Waals surface area contributed by atoms with Gasteiger partial charge in [0, 0.05) is 21.1 Å². The Labute approximate surface area is 105 Å². The number of carbonyl (C=O) groups is 1. The van der Waals surface area contributed by atoms with Gasteiger partial charge < -0.3 is 4.74 Å². The van der Waals surface area contributed by atoms with E-state index < -0.39 is 10.8 Å². The average Bonchev–Trinajstić information content (AvgIpc) is 2.27. The second kappa shape index (κ2) is 5.45. The predicted molar refractivity (Wildman–Crippen MR) is 70.1 cm³/mol. The van der Waals surface area contributed by atoms with Crippen LogP contribution >= 0.6 is 0 Å². The van der Waals surface area contributed by atoms with E-state index in [0.717, 1.165) is 0 Å². The fraction of sp³-hybridized carbons (Fsp3) is 0.462. The van der Waals surface area contributed by atoms with Gasteiger partial charge in [0.25, 0.3) is 0 Å². The van der Waals surface area contributed by atoms with Crippen molar-refractivity contribution in [2.75, 3.05) is 12.9 Å². The molecule has 0 spiro atoms. The van der Waals surface area contributed by atoms with Gasteiger partial charge in [0.2, 0.25) is 0 Å². The molecule has 1 unspecified atom stereocenters. The van der Waals surface area contributed by atoms with E-state index in [1.807, 2.05) is 20.8 Å². The maximum atomic E-state index is 11.9. The fourth-order valence-corrected chi connectivity index (χ4v) is 2.03. The van der Waals surface area contributed by atoms with Crippen LogP contribution in [0.15, 0.2) is 24.3 Å². The van der Waals surface area contributed by atoms with Crippen molar-refractivity contribution in [3.63, 3.8) is 0 Å². The van der Waals surface area contributed by atoms with E-state index in [4.69, 9.17) is 4.74 Å². The summed E-state index contributed by atoms with van der Waals surface area (Å²) in [7, 11) is 0.419. The summed E-state index contributed by atoms with van der Waals surface area (Å²) in [5.74, 6) is 0.676. The minimum absolute atomic E-state index is 0.0653. The second-order valence-electron chi connectivity index (χ2n) is 4.75. The van der Waals surface area contributed by atoms with Crippen molar-refractivity contribution in [2.24, 2.45) is 0 Å². The van der Waals surface area contributed by atoms with Gasteiger partial charge in [-0.15, -0.1) is 0 Å². The molecule has 1 aromatic rings. The average molecular weight is 254 g/mol. The third-order valence-corrected chi connectivity index (χ3v) is 4.25. The smallest absolute Gasteiger partial charge is 0.175 e. The van der Waals surface area contributed by atoms with E-state index in [1.54, 1.807) is 31.4 Å². The Morgan fingerprint density at radius 2 is 1.76 bits per heavy atom. The zero-order valence-corrected chi connectivity index (χ0v) is 11.5. The molecule has 0 aliphatic heterocycles. The highest BCUT2D eigenvalue weighted by Gasteiger charge is 2.22. The molecule has 4 heteroatoms. The fourth-order valence-electron chi connectivity index (χ4n) is 1.20. The molecule has 0 radical (unpaired) electrons. The van der Waals surface area contributed by atoms with Gasteiger partial charge in [0.1, 0.15) is 5.75 Å². The zero-order valence-electron chi connectivity index (χ0n) is 10.6. The molecule has 17 heavy (non-hydrogen) atoms. The van der Waals surface area contributed by atoms with Crippen molar-refractivity contribution >= 4 is 16.6 Å². The first-order valence-corrected chi connectivity index (χ1v) is 6.72. The van der Waals surface area contributed by atoms with E-state index in [0.29, 0.717) is 11.3 Å². The molecule has 0 amide bonds. The Balaban J connectivity index is 2.73. The van der Waals surface area contributed by atoms with E-state index >= 15 is 0 Å². The molecule has 0 aromatic heterocycles. The molecular formula is C13H18O3S. The molecule has 1 rings (SSSR count). The first kappa shape index (κ1) is 13.9. The molecular weight excluding hydrogens is 236 g/mol. The zero-order chi connectivity index (χ0) is 13.1. The molecule has 1 atom stereocenters. The number of Topliss-reactive ketones (excluding diaryl/α,β-unsaturated/α-hetero) is 1. The molecule has 0 bridgehead atoms. The van der Waals surface area contributed by atoms with Crippen LogP contribution in [0.25, 0.3) is 0 Å². The number of carbonyl (C=O) groups excluding carboxylic acids is 1. The number of ketones is 1. The summed E-state index contributed by atoms with van der Waals surface area (Å²) in [4.78, 5) is 11.9. The van der Waals surface area contributed by atoms with Crippen LogP contribution in [0.4, 0.5) is 0 Å². The lowest BCUT2D eigenvalue weighted by molar-refractivity contribution is 0.102. The molecule has 0 aliphatic carbocycles. The minimum Gasteiger partial charge on any atom is -0.497 e. The minimum atomic E-state index is -1.16. The molecule has 0 N–H and O–H groups in total. The molecule has 3 nitrogen and oxygen atoms in total. The van der Waals surface area contributed by atoms with Crippen molar-refractivity contribution in [3.05, 3.63) is 29.8 Å². The van der Waals surface area contributed by atoms with Crippen molar-refractivity contribution in [1.82, 2.24) is 0 Å². The highest BCUT2D eigenvalue weighted by molar-refractivity contribution is 7.87. The van der Waals surface area contributed by atoms with Crippen LogP contribution in [0, 0.1) is 0 Å². The largest absolute Gasteiger partial charge is 0.497 e. The normalized spacial score (nSPS) is 13.2. The molecule has 1 aromatic carbocycles. The Morgan fingerprint density at radius 3 is 2.18 bits per heavy atom. The summed E-state index contributed by atoms with van der Waals surface area (Å²) >= 11 is 0. The van der Waals surface area contributed by atoms with E-state index in [1.165, 1.54) is 0 Å². The number of benzene rings is 1. The molecule has 0 saturated heterocycles. The maximum absolute atomic E-state index is 11.9. The number of rotatable bonds is 4. The van der Waals surface area contributed by atoms with E-state index in [2.05, 4.69) is 0 Å². The Bertz CT molecular complexity index is 415. The van der Waals surface area contributed by atoms with Crippen LogP contribution in [0.1, 0.15) is 31.1 Å². The monoisotopic (exact) mass is 254 g/mol. The topological polar surface area (TPSA) is 43.4 Å². The van der Waals surface area contributed by atoms with Gasteiger partial charge in [-0.1, -0.05) is 0 Å². The summed E-state index contributed by atoms with van der Waals surface area (Å²) in [5.41, 5.74) is 0.573. The highest BCUT2D eigenvalue weighted by Crippen LogP contribution is 2.15. The van der Waals surface area contributed by atoms with E-state index in [9.17, 15) is 9.00 Å². The molecule has 0 saturated carbocycles. The van der Waals surface area contributed by atoms with Crippen LogP contribution in [-0.2, 0) is 10.8 Å². The first-order valence-electron chi connectivity index (χ1n) is 5.40. The van der Waals surface area contributed by atoms with Crippen LogP contribution in [-0.4, -0.2) is 27.6 Å². The number of hydrogen-bond donors (Lipinski definition) is 0. The Morgan fingerprint density at radius 1 is 1.24 bits per heavy atom. The van der Waals surface area contributed by atoms with Gasteiger partial charge in [0.05, 0.1) is 12.9 Å². The lowest BCUT2D eigenvalue weighted by atomic mass is 10.1. The summed E-state index contributed by atoms with van der Waals surface area (Å²) in [6.45, 7) is 5.60. The highest BCUT2D eigenvalue weighted by atomic mass is 32.2. The van der Waals surface area contributed by atoms with Gasteiger partial charge in [-0.3, -0.25) is 9.00 Å². The van der Waals surface area contributed by atoms with Gasteiger partial charge in [-0.25, -0.2) is 0 Å². The summed E-state index contributed by atoms with van der Waals surface area (Å²) in [5, 5.41) is 0. The first-order chi connectivity index (χ1) is 7.84. The van der Waals surface area contributed by atoms with Crippen molar-refractivity contribution in [1.29, 1.82) is 0 Å². The number of hydrogen-bond acceptors (Lipinski definition) is 3. The van der Waals surface area contributed by atoms with Crippen molar-refractivity contribution < 1.29 is 13.7 Å². The maximum Gasteiger partial charge on any atom is 0.175 e. The quantitative estimate of drug-likeness (QED) is 0.775. The lowest BCUT2D eigenvalue weighted by Gasteiger charge is -2.16. The third-order valence-electron chi connectivity index (χ3n) is 2.36. The second-order valence-corrected chi connectivity index (χ2v) is 6.96. The van der Waals surface area contributed by atoms with Crippen molar-refractivity contribution in [2.45, 2.75) is 25.5 Å². The SMILES string of the molecule is COc1ccc(C(=O)CS(=O)C(C)(C)C)cc1. The number of methoxy groups -OCH3 is 1. The van der Waals surface area contributed by atoms with Gasteiger partial charge >= 0.3 is 0 Å². The van der Waals surface area contributed by atoms with Crippen LogP contribution in [0.5, 0.6) is 5.75 Å².